The van der Waals surface area contributed by atoms with Crippen LogP contribution in [-0.4, -0.2) is 60.0 Å². The zero-order valence-corrected chi connectivity index (χ0v) is 16.0. The van der Waals surface area contributed by atoms with E-state index in [2.05, 4.69) is 31.9 Å². The first kappa shape index (κ1) is 17.8. The second-order valence-corrected chi connectivity index (χ2v) is 7.36. The maximum Gasteiger partial charge on any atom is 0.257 e. The van der Waals surface area contributed by atoms with Crippen LogP contribution in [0.1, 0.15) is 35.3 Å². The number of anilines is 2. The lowest BCUT2D eigenvalue weighted by atomic mass is 10.2. The van der Waals surface area contributed by atoms with Gasteiger partial charge in [-0.2, -0.15) is 0 Å². The molecule has 142 valence electrons. The molecule has 2 aliphatic rings. The molecule has 6 heteroatoms. The predicted molar refractivity (Wildman–Crippen MR) is 107 cm³/mol. The van der Waals surface area contributed by atoms with Crippen LogP contribution in [-0.2, 0) is 0 Å². The molecule has 2 saturated heterocycles. The van der Waals surface area contributed by atoms with Gasteiger partial charge >= 0.3 is 0 Å². The van der Waals surface area contributed by atoms with Gasteiger partial charge in [0.1, 0.15) is 5.82 Å². The number of nitrogens with zero attached hydrogens (tertiary/aromatic N) is 5. The first-order valence-corrected chi connectivity index (χ1v) is 9.89. The Morgan fingerprint density at radius 2 is 1.67 bits per heavy atom. The van der Waals surface area contributed by atoms with E-state index in [1.165, 1.54) is 5.69 Å². The Balaban J connectivity index is 1.52. The number of hydrogen-bond donors (Lipinski definition) is 0. The molecule has 4 rings (SSSR count). The smallest absolute Gasteiger partial charge is 0.257 e. The third-order valence-electron chi connectivity index (χ3n) is 5.45. The maximum atomic E-state index is 13.0. The second kappa shape index (κ2) is 7.94. The van der Waals surface area contributed by atoms with Crippen LogP contribution in [0.5, 0.6) is 0 Å². The van der Waals surface area contributed by atoms with E-state index >= 15 is 0 Å². The molecule has 0 radical (unpaired) electrons. The molecule has 27 heavy (non-hydrogen) atoms. The number of likely N-dealkylation sites (tertiary alicyclic amines) is 1. The molecule has 6 nitrogen and oxygen atoms in total. The van der Waals surface area contributed by atoms with Crippen LogP contribution in [0.4, 0.5) is 11.5 Å². The molecule has 0 N–H and O–H groups in total. The van der Waals surface area contributed by atoms with E-state index in [0.717, 1.165) is 75.6 Å². The zero-order chi connectivity index (χ0) is 18.6. The van der Waals surface area contributed by atoms with Gasteiger partial charge in [-0.15, -0.1) is 0 Å². The Morgan fingerprint density at radius 3 is 2.48 bits per heavy atom. The fourth-order valence-corrected chi connectivity index (χ4v) is 4.02. The third-order valence-corrected chi connectivity index (χ3v) is 5.45. The van der Waals surface area contributed by atoms with Crippen molar-refractivity contribution in [1.29, 1.82) is 0 Å². The van der Waals surface area contributed by atoms with Gasteiger partial charge in [-0.25, -0.2) is 4.98 Å². The van der Waals surface area contributed by atoms with Crippen molar-refractivity contribution in [2.75, 3.05) is 49.1 Å². The first-order chi connectivity index (χ1) is 13.2. The molecule has 2 fully saturated rings. The van der Waals surface area contributed by atoms with Crippen molar-refractivity contribution in [3.63, 3.8) is 0 Å². The molecule has 4 heterocycles. The highest BCUT2D eigenvalue weighted by Crippen LogP contribution is 2.24. The van der Waals surface area contributed by atoms with Gasteiger partial charge in [-0.05, 0) is 50.5 Å². The van der Waals surface area contributed by atoms with Crippen molar-refractivity contribution in [2.24, 2.45) is 0 Å². The van der Waals surface area contributed by atoms with E-state index in [1.54, 1.807) is 6.20 Å². The van der Waals surface area contributed by atoms with Crippen LogP contribution >= 0.6 is 0 Å². The highest BCUT2D eigenvalue weighted by molar-refractivity contribution is 5.99. The largest absolute Gasteiger partial charge is 0.370 e. The summed E-state index contributed by atoms with van der Waals surface area (Å²) in [6.07, 6.45) is 6.91. The van der Waals surface area contributed by atoms with E-state index in [0.29, 0.717) is 0 Å². The van der Waals surface area contributed by atoms with E-state index in [9.17, 15) is 4.79 Å². The Hall–Kier alpha value is -2.63. The van der Waals surface area contributed by atoms with Gasteiger partial charge in [0.2, 0.25) is 0 Å². The van der Waals surface area contributed by atoms with Crippen molar-refractivity contribution >= 4 is 17.4 Å². The normalized spacial score (nSPS) is 17.9. The average Bonchev–Trinajstić information content (AvgIpc) is 3.12. The van der Waals surface area contributed by atoms with E-state index < -0.39 is 0 Å². The molecule has 0 atom stereocenters. The molecule has 0 unspecified atom stereocenters. The molecule has 0 aliphatic carbocycles. The van der Waals surface area contributed by atoms with Crippen LogP contribution in [0.3, 0.4) is 0 Å². The SMILES string of the molecule is Cc1cc(N2CCCN(c3ncccc3C(=O)N3CCCC3)CC2)ccn1. The van der Waals surface area contributed by atoms with Gasteiger partial charge in [-0.3, -0.25) is 9.78 Å². The summed E-state index contributed by atoms with van der Waals surface area (Å²) in [5.74, 6) is 0.962. The van der Waals surface area contributed by atoms with Gasteiger partial charge in [0.15, 0.2) is 0 Å². The van der Waals surface area contributed by atoms with Crippen molar-refractivity contribution in [3.8, 4) is 0 Å². The van der Waals surface area contributed by atoms with Gasteiger partial charge in [0.05, 0.1) is 5.56 Å². The Bertz CT molecular complexity index is 803. The number of pyridine rings is 2. The fraction of sp³-hybridized carbons (Fsp3) is 0.476. The summed E-state index contributed by atoms with van der Waals surface area (Å²) in [5.41, 5.74) is 3.00. The predicted octanol–water partition coefficient (Wildman–Crippen LogP) is 2.74. The molecule has 0 aromatic carbocycles. The standard InChI is InChI=1S/C21H27N5O/c1-17-16-18(7-9-22-17)24-12-5-13-25(15-14-24)20-19(6-4-8-23-20)21(27)26-10-2-3-11-26/h4,6-9,16H,2-3,5,10-15H2,1H3. The van der Waals surface area contributed by atoms with E-state index in [4.69, 9.17) is 0 Å². The second-order valence-electron chi connectivity index (χ2n) is 7.36. The zero-order valence-electron chi connectivity index (χ0n) is 16.0. The fourth-order valence-electron chi connectivity index (χ4n) is 4.02. The maximum absolute atomic E-state index is 13.0. The molecule has 2 aromatic rings. The van der Waals surface area contributed by atoms with Crippen molar-refractivity contribution in [2.45, 2.75) is 26.2 Å². The minimum atomic E-state index is 0.126. The topological polar surface area (TPSA) is 52.6 Å². The Morgan fingerprint density at radius 1 is 0.889 bits per heavy atom. The molecule has 2 aliphatic heterocycles. The summed E-state index contributed by atoms with van der Waals surface area (Å²) in [6.45, 7) is 7.44. The number of carbonyl (C=O) groups excluding carboxylic acids is 1. The summed E-state index contributed by atoms with van der Waals surface area (Å²) in [5, 5.41) is 0. The van der Waals surface area contributed by atoms with E-state index in [1.807, 2.05) is 30.2 Å². The summed E-state index contributed by atoms with van der Waals surface area (Å²) in [6, 6.07) is 8.01. The van der Waals surface area contributed by atoms with Gasteiger partial charge in [0.25, 0.3) is 5.91 Å². The summed E-state index contributed by atoms with van der Waals surface area (Å²) in [4.78, 5) is 28.5. The number of amides is 1. The van der Waals surface area contributed by atoms with Crippen LogP contribution in [0.15, 0.2) is 36.7 Å². The quantitative estimate of drug-likeness (QED) is 0.837. The highest BCUT2D eigenvalue weighted by atomic mass is 16.2. The molecule has 0 bridgehead atoms. The number of aryl methyl sites for hydroxylation is 1. The highest BCUT2D eigenvalue weighted by Gasteiger charge is 2.25. The van der Waals surface area contributed by atoms with Gasteiger partial charge in [0, 0.05) is 63.0 Å². The molecular formula is C21H27N5O. The van der Waals surface area contributed by atoms with Crippen LogP contribution in [0.2, 0.25) is 0 Å². The van der Waals surface area contributed by atoms with Crippen LogP contribution in [0, 0.1) is 6.92 Å². The molecule has 0 spiro atoms. The Labute approximate surface area is 160 Å². The monoisotopic (exact) mass is 365 g/mol. The van der Waals surface area contributed by atoms with Crippen LogP contribution < -0.4 is 9.80 Å². The van der Waals surface area contributed by atoms with Gasteiger partial charge < -0.3 is 14.7 Å². The van der Waals surface area contributed by atoms with Crippen molar-refractivity contribution < 1.29 is 4.79 Å². The van der Waals surface area contributed by atoms with E-state index in [-0.39, 0.29) is 5.91 Å². The number of aromatic nitrogens is 2. The average molecular weight is 365 g/mol. The molecule has 0 saturated carbocycles. The Kier molecular flexibility index (Phi) is 5.23. The van der Waals surface area contributed by atoms with Crippen molar-refractivity contribution in [1.82, 2.24) is 14.9 Å². The lowest BCUT2D eigenvalue weighted by Gasteiger charge is -2.26. The minimum absolute atomic E-state index is 0.126. The van der Waals surface area contributed by atoms with Crippen molar-refractivity contribution in [3.05, 3.63) is 47.9 Å². The molecule has 2 aromatic heterocycles. The number of hydrogen-bond acceptors (Lipinski definition) is 5. The summed E-state index contributed by atoms with van der Waals surface area (Å²) >= 11 is 0. The number of rotatable bonds is 3. The lowest BCUT2D eigenvalue weighted by Crippen LogP contribution is -2.34. The molecule has 1 amide bonds. The molecular weight excluding hydrogens is 338 g/mol. The van der Waals surface area contributed by atoms with Crippen LogP contribution in [0.25, 0.3) is 0 Å². The summed E-state index contributed by atoms with van der Waals surface area (Å²) < 4.78 is 0. The summed E-state index contributed by atoms with van der Waals surface area (Å²) in [7, 11) is 0. The van der Waals surface area contributed by atoms with Gasteiger partial charge in [-0.1, -0.05) is 0 Å². The minimum Gasteiger partial charge on any atom is -0.370 e. The third kappa shape index (κ3) is 3.89. The first-order valence-electron chi connectivity index (χ1n) is 9.89. The lowest BCUT2D eigenvalue weighted by molar-refractivity contribution is 0.0793. The number of carbonyl (C=O) groups is 1.